The monoisotopic (exact) mass is 407 g/mol. The molecule has 0 rings (SSSR count). The number of unbranched alkanes of at least 4 members (excludes halogenated alkanes) is 1. The maximum atomic E-state index is 12.9. The van der Waals surface area contributed by atoms with Crippen LogP contribution in [0.15, 0.2) is 0 Å². The van der Waals surface area contributed by atoms with Gasteiger partial charge in [-0.05, 0) is 19.3 Å². The lowest BCUT2D eigenvalue weighted by molar-refractivity contribution is -0.154. The second-order valence-electron chi connectivity index (χ2n) is 6.21. The molecule has 164 valence electrons. The van der Waals surface area contributed by atoms with E-state index in [1.165, 1.54) is 0 Å². The minimum atomic E-state index is -1.31. The third-order valence-corrected chi connectivity index (χ3v) is 4.18. The number of aliphatic hydroxyl groups excluding tert-OH is 3. The van der Waals surface area contributed by atoms with Gasteiger partial charge in [0.25, 0.3) is 12.9 Å². The van der Waals surface area contributed by atoms with Crippen molar-refractivity contribution in [2.24, 2.45) is 0 Å². The number of Topliss-reactive ketones (excluding diaryl/α,β-unsaturated/α-hetero) is 1. The van der Waals surface area contributed by atoms with Gasteiger partial charge in [-0.1, -0.05) is 0 Å². The average Bonchev–Trinajstić information content (AvgIpc) is 2.69. The highest BCUT2D eigenvalue weighted by Gasteiger charge is 2.40. The molecule has 0 radical (unpaired) electrons. The van der Waals surface area contributed by atoms with Crippen molar-refractivity contribution in [3.63, 3.8) is 0 Å². The van der Waals surface area contributed by atoms with Gasteiger partial charge in [-0.2, -0.15) is 0 Å². The smallest absolute Gasteiger partial charge is 0.293 e. The first-order valence-corrected chi connectivity index (χ1v) is 9.43. The molecule has 0 saturated carbocycles. The van der Waals surface area contributed by atoms with E-state index in [0.29, 0.717) is 25.8 Å². The zero-order valence-electron chi connectivity index (χ0n) is 16.3. The Morgan fingerprint density at radius 1 is 0.857 bits per heavy atom. The van der Waals surface area contributed by atoms with Crippen LogP contribution in [0.2, 0.25) is 0 Å². The number of carbonyl (C=O) groups is 3. The minimum Gasteiger partial charge on any atom is -0.468 e. The molecule has 10 nitrogen and oxygen atoms in total. The average molecular weight is 407 g/mol. The molecule has 1 atom stereocenters. The Morgan fingerprint density at radius 2 is 1.46 bits per heavy atom. The number of ether oxygens (including phenoxy) is 3. The maximum Gasteiger partial charge on any atom is 0.293 e. The van der Waals surface area contributed by atoms with Crippen molar-refractivity contribution >= 4 is 18.7 Å². The Kier molecular flexibility index (Phi) is 16.5. The van der Waals surface area contributed by atoms with Crippen LogP contribution in [0.25, 0.3) is 0 Å². The summed E-state index contributed by atoms with van der Waals surface area (Å²) >= 11 is 0. The summed E-state index contributed by atoms with van der Waals surface area (Å²) in [6.45, 7) is 1.19. The zero-order valence-corrected chi connectivity index (χ0v) is 16.3. The van der Waals surface area contributed by atoms with Crippen LogP contribution in [-0.2, 0) is 28.6 Å². The predicted molar refractivity (Wildman–Crippen MR) is 98.5 cm³/mol. The van der Waals surface area contributed by atoms with Gasteiger partial charge in [-0.15, -0.1) is 0 Å². The summed E-state index contributed by atoms with van der Waals surface area (Å²) < 4.78 is 15.3. The number of ketones is 1. The fourth-order valence-electron chi connectivity index (χ4n) is 2.76. The Hall–Kier alpha value is -1.59. The lowest BCUT2D eigenvalue weighted by atomic mass is 9.90. The molecular formula is C18H33NO9. The van der Waals surface area contributed by atoms with Crippen molar-refractivity contribution in [3.05, 3.63) is 0 Å². The molecule has 0 heterocycles. The normalized spacial score (nSPS) is 13.1. The van der Waals surface area contributed by atoms with Gasteiger partial charge < -0.3 is 29.5 Å². The molecule has 0 aliphatic carbocycles. The van der Waals surface area contributed by atoms with E-state index in [-0.39, 0.29) is 84.3 Å². The second kappa shape index (κ2) is 17.5. The molecule has 28 heavy (non-hydrogen) atoms. The summed E-state index contributed by atoms with van der Waals surface area (Å²) in [6, 6.07) is 0. The van der Waals surface area contributed by atoms with E-state index in [1.807, 2.05) is 0 Å². The molecule has 0 amide bonds. The van der Waals surface area contributed by atoms with Crippen LogP contribution in [0, 0.1) is 0 Å². The first-order valence-electron chi connectivity index (χ1n) is 9.43. The van der Waals surface area contributed by atoms with Crippen molar-refractivity contribution < 1.29 is 43.9 Å². The number of rotatable bonds is 21. The topological polar surface area (TPSA) is 143 Å². The summed E-state index contributed by atoms with van der Waals surface area (Å²) in [5.41, 5.74) is -1.31. The van der Waals surface area contributed by atoms with Gasteiger partial charge in [-0.25, -0.2) is 0 Å². The molecule has 3 N–H and O–H groups in total. The first kappa shape index (κ1) is 26.4. The van der Waals surface area contributed by atoms with Crippen LogP contribution in [0.4, 0.5) is 0 Å². The Balaban J connectivity index is 5.27. The highest BCUT2D eigenvalue weighted by Crippen LogP contribution is 2.23. The van der Waals surface area contributed by atoms with E-state index in [2.05, 4.69) is 4.74 Å². The van der Waals surface area contributed by atoms with Crippen LogP contribution in [0.1, 0.15) is 32.1 Å². The van der Waals surface area contributed by atoms with Gasteiger partial charge in [0.05, 0.1) is 26.4 Å². The van der Waals surface area contributed by atoms with Crippen molar-refractivity contribution in [1.29, 1.82) is 0 Å². The molecule has 0 aromatic rings. The lowest BCUT2D eigenvalue weighted by Gasteiger charge is -2.37. The van der Waals surface area contributed by atoms with Crippen LogP contribution in [0.5, 0.6) is 0 Å². The van der Waals surface area contributed by atoms with E-state index >= 15 is 0 Å². The Morgan fingerprint density at radius 3 is 2.04 bits per heavy atom. The van der Waals surface area contributed by atoms with E-state index in [4.69, 9.17) is 14.6 Å². The molecule has 10 heteroatoms. The van der Waals surface area contributed by atoms with Gasteiger partial charge in [-0.3, -0.25) is 19.3 Å². The SMILES string of the molecule is O=COCCCCOC(CCOC=O)(CN(CCO)CCO)C(=O)CCCO. The number of carbonyl (C=O) groups excluding carboxylic acids is 3. The van der Waals surface area contributed by atoms with Crippen LogP contribution >= 0.6 is 0 Å². The van der Waals surface area contributed by atoms with Crippen LogP contribution < -0.4 is 0 Å². The molecule has 0 bridgehead atoms. The van der Waals surface area contributed by atoms with Crippen molar-refractivity contribution in [1.82, 2.24) is 4.90 Å². The van der Waals surface area contributed by atoms with Gasteiger partial charge in [0.1, 0.15) is 5.60 Å². The summed E-state index contributed by atoms with van der Waals surface area (Å²) in [5, 5.41) is 27.6. The first-order chi connectivity index (χ1) is 13.6. The molecule has 0 saturated heterocycles. The van der Waals surface area contributed by atoms with Crippen LogP contribution in [-0.4, -0.2) is 104 Å². The molecule has 0 spiro atoms. The van der Waals surface area contributed by atoms with Gasteiger partial charge in [0, 0.05) is 45.7 Å². The fourth-order valence-corrected chi connectivity index (χ4v) is 2.76. The Bertz CT molecular complexity index is 416. The number of aliphatic hydroxyl groups is 3. The summed E-state index contributed by atoms with van der Waals surface area (Å²) in [4.78, 5) is 35.3. The molecule has 0 fully saturated rings. The molecule has 0 aromatic carbocycles. The number of hydrogen-bond donors (Lipinski definition) is 3. The summed E-state index contributed by atoms with van der Waals surface area (Å²) in [5.74, 6) is -0.249. The van der Waals surface area contributed by atoms with Crippen LogP contribution in [0.3, 0.4) is 0 Å². The van der Waals surface area contributed by atoms with E-state index in [1.54, 1.807) is 4.90 Å². The molecule has 0 aliphatic rings. The molecular weight excluding hydrogens is 374 g/mol. The third kappa shape index (κ3) is 11.3. The standard InChI is InChI=1S/C18H33NO9/c20-8-3-4-17(25)18(5-13-27-16-24,14-19(6-9-21)7-10-22)28-12-2-1-11-26-15-23/h15-16,20-22H,1-14H2. The zero-order chi connectivity index (χ0) is 21.1. The molecule has 0 aliphatic heterocycles. The van der Waals surface area contributed by atoms with Gasteiger partial charge in [0.15, 0.2) is 5.78 Å². The fraction of sp³-hybridized carbons (Fsp3) is 0.833. The number of nitrogens with zero attached hydrogens (tertiary/aromatic N) is 1. The summed E-state index contributed by atoms with van der Waals surface area (Å²) in [6.07, 6.45) is 1.55. The van der Waals surface area contributed by atoms with E-state index in [0.717, 1.165) is 0 Å². The second-order valence-corrected chi connectivity index (χ2v) is 6.21. The molecule has 0 aromatic heterocycles. The third-order valence-electron chi connectivity index (χ3n) is 4.18. The number of hydrogen-bond acceptors (Lipinski definition) is 10. The lowest BCUT2D eigenvalue weighted by Crippen LogP contribution is -2.53. The van der Waals surface area contributed by atoms with E-state index in [9.17, 15) is 24.6 Å². The van der Waals surface area contributed by atoms with Crippen molar-refractivity contribution in [3.8, 4) is 0 Å². The summed E-state index contributed by atoms with van der Waals surface area (Å²) in [7, 11) is 0. The highest BCUT2D eigenvalue weighted by atomic mass is 16.5. The van der Waals surface area contributed by atoms with E-state index < -0.39 is 5.60 Å². The quantitative estimate of drug-likeness (QED) is 0.158. The Labute approximate surface area is 165 Å². The van der Waals surface area contributed by atoms with Gasteiger partial charge in [0.2, 0.25) is 0 Å². The van der Waals surface area contributed by atoms with Gasteiger partial charge >= 0.3 is 0 Å². The maximum absolute atomic E-state index is 12.9. The predicted octanol–water partition coefficient (Wildman–Crippen LogP) is -1.11. The molecule has 1 unspecified atom stereocenters. The largest absolute Gasteiger partial charge is 0.468 e. The van der Waals surface area contributed by atoms with Crippen molar-refractivity contribution in [2.45, 2.75) is 37.7 Å². The minimum absolute atomic E-state index is 0.0330. The highest BCUT2D eigenvalue weighted by molar-refractivity contribution is 5.87. The van der Waals surface area contributed by atoms with Crippen molar-refractivity contribution in [2.75, 3.05) is 59.3 Å².